The molecule has 0 radical (unpaired) electrons. The molecule has 1 N–H and O–H groups in total. The number of benzene rings is 1. The van der Waals surface area contributed by atoms with Crippen molar-refractivity contribution in [3.05, 3.63) is 46.8 Å². The Hall–Kier alpha value is -2.39. The number of carbonyl (C=O) groups excluding carboxylic acids is 1. The lowest BCUT2D eigenvalue weighted by Crippen LogP contribution is -2.22. The summed E-state index contributed by atoms with van der Waals surface area (Å²) in [6.07, 6.45) is 0. The van der Waals surface area contributed by atoms with Crippen LogP contribution in [0.15, 0.2) is 29.4 Å². The molecule has 1 aromatic heterocycles. The van der Waals surface area contributed by atoms with Gasteiger partial charge in [-0.2, -0.15) is 5.26 Å². The van der Waals surface area contributed by atoms with Crippen LogP contribution in [0.5, 0.6) is 0 Å². The molecule has 0 saturated heterocycles. The van der Waals surface area contributed by atoms with Gasteiger partial charge in [0.2, 0.25) is 5.91 Å². The summed E-state index contributed by atoms with van der Waals surface area (Å²) in [4.78, 5) is 21.1. The van der Waals surface area contributed by atoms with Gasteiger partial charge >= 0.3 is 0 Å². The number of carbonyl (C=O) groups is 1. The number of nitrogens with one attached hydrogen (secondary N) is 1. The molecule has 0 saturated carbocycles. The molecule has 0 bridgehead atoms. The Balaban J connectivity index is 2.07. The number of aromatic nitrogens is 2. The molecule has 0 aliphatic rings. The van der Waals surface area contributed by atoms with Gasteiger partial charge in [0, 0.05) is 17.1 Å². The molecule has 1 atom stereocenters. The fourth-order valence-corrected chi connectivity index (χ4v) is 2.78. The second kappa shape index (κ2) is 7.25. The standard InChI is InChI=1S/C17H18N4OS/c1-10-11(2)19-17(20-12(10)3)23-13(4)16(22)21-15-7-5-6-14(8-15)9-18/h5-8,13H,1-4H3,(H,21,22)/t13-/m1/s1. The Labute approximate surface area is 140 Å². The van der Waals surface area contributed by atoms with Crippen molar-refractivity contribution in [3.63, 3.8) is 0 Å². The summed E-state index contributed by atoms with van der Waals surface area (Å²) in [5.41, 5.74) is 4.04. The summed E-state index contributed by atoms with van der Waals surface area (Å²) in [5, 5.41) is 12.0. The third-order valence-electron chi connectivity index (χ3n) is 3.52. The van der Waals surface area contributed by atoms with Crippen molar-refractivity contribution in [2.45, 2.75) is 38.1 Å². The first-order valence-electron chi connectivity index (χ1n) is 7.20. The summed E-state index contributed by atoms with van der Waals surface area (Å²) < 4.78 is 0. The second-order valence-electron chi connectivity index (χ2n) is 5.24. The zero-order chi connectivity index (χ0) is 17.0. The molecule has 1 aromatic carbocycles. The van der Waals surface area contributed by atoms with Gasteiger partial charge in [-0.1, -0.05) is 17.8 Å². The number of nitriles is 1. The van der Waals surface area contributed by atoms with Crippen LogP contribution in [-0.4, -0.2) is 21.1 Å². The van der Waals surface area contributed by atoms with Crippen LogP contribution in [0.1, 0.15) is 29.4 Å². The number of nitrogens with zero attached hydrogens (tertiary/aromatic N) is 3. The van der Waals surface area contributed by atoms with Crippen LogP contribution in [0.4, 0.5) is 5.69 Å². The van der Waals surface area contributed by atoms with E-state index in [0.717, 1.165) is 17.0 Å². The van der Waals surface area contributed by atoms with Crippen LogP contribution in [0.3, 0.4) is 0 Å². The van der Waals surface area contributed by atoms with Gasteiger partial charge in [-0.3, -0.25) is 4.79 Å². The number of anilines is 1. The first-order valence-corrected chi connectivity index (χ1v) is 8.08. The van der Waals surface area contributed by atoms with Crippen molar-refractivity contribution in [1.29, 1.82) is 5.26 Å². The Kier molecular flexibility index (Phi) is 5.35. The predicted molar refractivity (Wildman–Crippen MR) is 91.3 cm³/mol. The molecule has 0 aliphatic carbocycles. The Morgan fingerprint density at radius 2 is 1.91 bits per heavy atom. The van der Waals surface area contributed by atoms with Gasteiger partial charge in [-0.05, 0) is 51.5 Å². The van der Waals surface area contributed by atoms with E-state index in [1.165, 1.54) is 11.8 Å². The minimum atomic E-state index is -0.345. The van der Waals surface area contributed by atoms with E-state index in [9.17, 15) is 4.79 Å². The largest absolute Gasteiger partial charge is 0.325 e. The number of hydrogen-bond acceptors (Lipinski definition) is 5. The average Bonchev–Trinajstić information content (AvgIpc) is 2.52. The Morgan fingerprint density at radius 3 is 2.52 bits per heavy atom. The highest BCUT2D eigenvalue weighted by Crippen LogP contribution is 2.23. The van der Waals surface area contributed by atoms with Gasteiger partial charge < -0.3 is 5.32 Å². The van der Waals surface area contributed by atoms with Gasteiger partial charge in [0.05, 0.1) is 16.9 Å². The third-order valence-corrected chi connectivity index (χ3v) is 4.48. The molecule has 2 rings (SSSR count). The van der Waals surface area contributed by atoms with E-state index in [2.05, 4.69) is 21.4 Å². The molecule has 0 spiro atoms. The normalized spacial score (nSPS) is 11.6. The van der Waals surface area contributed by atoms with Crippen LogP contribution in [0.25, 0.3) is 0 Å². The van der Waals surface area contributed by atoms with Crippen molar-refractivity contribution in [3.8, 4) is 6.07 Å². The highest BCUT2D eigenvalue weighted by atomic mass is 32.2. The molecule has 0 fully saturated rings. The van der Waals surface area contributed by atoms with Crippen LogP contribution >= 0.6 is 11.8 Å². The molecule has 1 heterocycles. The molecular weight excluding hydrogens is 308 g/mol. The van der Waals surface area contributed by atoms with Crippen molar-refractivity contribution >= 4 is 23.4 Å². The zero-order valence-corrected chi connectivity index (χ0v) is 14.4. The summed E-state index contributed by atoms with van der Waals surface area (Å²) >= 11 is 1.32. The van der Waals surface area contributed by atoms with E-state index in [0.29, 0.717) is 16.4 Å². The number of aryl methyl sites for hydroxylation is 2. The molecule has 6 heteroatoms. The molecule has 0 aliphatic heterocycles. The van der Waals surface area contributed by atoms with E-state index in [1.54, 1.807) is 24.3 Å². The summed E-state index contributed by atoms with van der Waals surface area (Å²) in [5.74, 6) is -0.149. The van der Waals surface area contributed by atoms with Gasteiger partial charge in [0.1, 0.15) is 0 Å². The van der Waals surface area contributed by atoms with Gasteiger partial charge in [0.15, 0.2) is 5.16 Å². The molecular formula is C17H18N4OS. The number of rotatable bonds is 4. The van der Waals surface area contributed by atoms with Crippen molar-refractivity contribution in [2.75, 3.05) is 5.32 Å². The third kappa shape index (κ3) is 4.30. The first kappa shape index (κ1) is 17.0. The van der Waals surface area contributed by atoms with Gasteiger partial charge in [-0.15, -0.1) is 0 Å². The SMILES string of the molecule is Cc1nc(S[C@H](C)C(=O)Nc2cccc(C#N)c2)nc(C)c1C. The lowest BCUT2D eigenvalue weighted by molar-refractivity contribution is -0.115. The van der Waals surface area contributed by atoms with Crippen LogP contribution in [-0.2, 0) is 4.79 Å². The molecule has 5 nitrogen and oxygen atoms in total. The minimum Gasteiger partial charge on any atom is -0.325 e. The number of hydrogen-bond donors (Lipinski definition) is 1. The highest BCUT2D eigenvalue weighted by Gasteiger charge is 2.17. The van der Waals surface area contributed by atoms with E-state index in [1.807, 2.05) is 27.7 Å². The van der Waals surface area contributed by atoms with E-state index < -0.39 is 0 Å². The number of thioether (sulfide) groups is 1. The average molecular weight is 326 g/mol. The maximum absolute atomic E-state index is 12.3. The van der Waals surface area contributed by atoms with E-state index >= 15 is 0 Å². The fourth-order valence-electron chi connectivity index (χ4n) is 1.92. The summed E-state index contributed by atoms with van der Waals surface area (Å²) in [7, 11) is 0. The van der Waals surface area contributed by atoms with E-state index in [4.69, 9.17) is 5.26 Å². The highest BCUT2D eigenvalue weighted by molar-refractivity contribution is 8.00. The van der Waals surface area contributed by atoms with Crippen molar-refractivity contribution < 1.29 is 4.79 Å². The van der Waals surface area contributed by atoms with Gasteiger partial charge in [0.25, 0.3) is 0 Å². The Morgan fingerprint density at radius 1 is 1.26 bits per heavy atom. The monoisotopic (exact) mass is 326 g/mol. The van der Waals surface area contributed by atoms with Crippen molar-refractivity contribution in [1.82, 2.24) is 9.97 Å². The first-order chi connectivity index (χ1) is 10.9. The lowest BCUT2D eigenvalue weighted by atomic mass is 10.2. The lowest BCUT2D eigenvalue weighted by Gasteiger charge is -2.12. The van der Waals surface area contributed by atoms with E-state index in [-0.39, 0.29) is 11.2 Å². The molecule has 23 heavy (non-hydrogen) atoms. The quantitative estimate of drug-likeness (QED) is 0.688. The van der Waals surface area contributed by atoms with Crippen molar-refractivity contribution in [2.24, 2.45) is 0 Å². The van der Waals surface area contributed by atoms with Gasteiger partial charge in [-0.25, -0.2) is 9.97 Å². The van der Waals surface area contributed by atoms with Crippen LogP contribution in [0, 0.1) is 32.1 Å². The fraction of sp³-hybridized carbons (Fsp3) is 0.294. The Bertz CT molecular complexity index is 759. The molecule has 118 valence electrons. The van der Waals surface area contributed by atoms with Crippen LogP contribution in [0.2, 0.25) is 0 Å². The maximum atomic E-state index is 12.3. The molecule has 2 aromatic rings. The second-order valence-corrected chi connectivity index (χ2v) is 6.55. The summed E-state index contributed by atoms with van der Waals surface area (Å²) in [6, 6.07) is 8.88. The van der Waals surface area contributed by atoms with Crippen LogP contribution < -0.4 is 5.32 Å². The zero-order valence-electron chi connectivity index (χ0n) is 13.5. The minimum absolute atomic E-state index is 0.149. The summed E-state index contributed by atoms with van der Waals surface area (Å²) in [6.45, 7) is 7.66. The maximum Gasteiger partial charge on any atom is 0.237 e. The molecule has 0 unspecified atom stereocenters. The molecule has 1 amide bonds. The topological polar surface area (TPSA) is 78.7 Å². The number of amides is 1. The predicted octanol–water partition coefficient (Wildman–Crippen LogP) is 3.39. The smallest absolute Gasteiger partial charge is 0.237 e.